The molecule has 1 N–H and O–H groups in total. The van der Waals surface area contributed by atoms with Crippen LogP contribution < -0.4 is 0 Å². The Hall–Kier alpha value is -3.70. The normalized spacial score (nSPS) is 9.95. The molecule has 0 radical (unpaired) electrons. The van der Waals surface area contributed by atoms with Crippen LogP contribution in [-0.2, 0) is 13.0 Å². The van der Waals surface area contributed by atoms with Crippen molar-refractivity contribution in [3.8, 4) is 12.0 Å². The third-order valence-electron chi connectivity index (χ3n) is 6.43. The first-order chi connectivity index (χ1) is 18.0. The van der Waals surface area contributed by atoms with Crippen LogP contribution in [0.4, 0.5) is 0 Å². The lowest BCUT2D eigenvalue weighted by Crippen LogP contribution is -1.94. The molecule has 1 aromatic heterocycles. The smallest absolute Gasteiger partial charge is 0.107 e. The van der Waals surface area contributed by atoms with Crippen LogP contribution in [0.5, 0.6) is 0 Å². The molecule has 0 spiro atoms. The van der Waals surface area contributed by atoms with Crippen LogP contribution in [-0.4, -0.2) is 9.67 Å². The molecule has 3 aromatic carbocycles. The summed E-state index contributed by atoms with van der Waals surface area (Å²) in [6.45, 7) is 16.6. The van der Waals surface area contributed by atoms with E-state index < -0.39 is 0 Å². The molecule has 0 saturated heterocycles. The molecule has 2 nitrogen and oxygen atoms in total. The Morgan fingerprint density at radius 1 is 0.919 bits per heavy atom. The van der Waals surface area contributed by atoms with Gasteiger partial charge in [-0.25, -0.2) is 0 Å². The van der Waals surface area contributed by atoms with Crippen molar-refractivity contribution in [1.82, 2.24) is 4.57 Å². The number of aliphatic hydroxyl groups excluding tert-OH is 1. The van der Waals surface area contributed by atoms with Gasteiger partial charge in [-0.2, -0.15) is 0 Å². The minimum atomic E-state index is 1.02. The number of rotatable bonds is 9. The monoisotopic (exact) mass is 493 g/mol. The quantitative estimate of drug-likeness (QED) is 0.140. The number of hydrogen-bond donors (Lipinski definition) is 1. The summed E-state index contributed by atoms with van der Waals surface area (Å²) in [5.74, 6) is 2.24. The Bertz CT molecular complexity index is 1320. The maximum Gasteiger partial charge on any atom is 0.107 e. The first-order valence-electron chi connectivity index (χ1n) is 13.4. The fourth-order valence-corrected chi connectivity index (χ4v) is 4.40. The lowest BCUT2D eigenvalue weighted by molar-refractivity contribution is 0.517. The highest BCUT2D eigenvalue weighted by Crippen LogP contribution is 2.30. The van der Waals surface area contributed by atoms with Gasteiger partial charge in [0.25, 0.3) is 0 Å². The Morgan fingerprint density at radius 2 is 1.57 bits per heavy atom. The van der Waals surface area contributed by atoms with Crippen molar-refractivity contribution in [3.05, 3.63) is 103 Å². The molecule has 0 saturated carbocycles. The van der Waals surface area contributed by atoms with E-state index in [0.29, 0.717) is 0 Å². The average Bonchev–Trinajstić information content (AvgIpc) is 3.24. The van der Waals surface area contributed by atoms with Crippen molar-refractivity contribution in [2.24, 2.45) is 0 Å². The van der Waals surface area contributed by atoms with Gasteiger partial charge in [-0.3, -0.25) is 0 Å². The van der Waals surface area contributed by atoms with Gasteiger partial charge in [0.1, 0.15) is 6.11 Å². The molecule has 4 aromatic rings. The summed E-state index contributed by atoms with van der Waals surface area (Å²) in [5, 5.41) is 10.3. The largest absolute Gasteiger partial charge is 0.462 e. The summed E-state index contributed by atoms with van der Waals surface area (Å²) in [7, 11) is 0. The highest BCUT2D eigenvalue weighted by molar-refractivity contribution is 6.08. The molecule has 0 aliphatic rings. The highest BCUT2D eigenvalue weighted by atomic mass is 16.2. The second-order valence-corrected chi connectivity index (χ2v) is 9.36. The number of hydrogen-bond acceptors (Lipinski definition) is 1. The molecule has 0 fully saturated rings. The van der Waals surface area contributed by atoms with Crippen LogP contribution in [0.25, 0.3) is 27.4 Å². The van der Waals surface area contributed by atoms with E-state index in [1.807, 2.05) is 13.0 Å². The number of benzene rings is 3. The summed E-state index contributed by atoms with van der Waals surface area (Å²) >= 11 is 0. The fourth-order valence-electron chi connectivity index (χ4n) is 4.40. The van der Waals surface area contributed by atoms with Crippen LogP contribution in [0, 0.1) is 19.0 Å². The van der Waals surface area contributed by atoms with Crippen LogP contribution in [0.1, 0.15) is 69.6 Å². The second kappa shape index (κ2) is 16.1. The number of allylic oxidation sites excluding steroid dienone is 2. The number of fused-ring (bicyclic) bond motifs is 3. The maximum atomic E-state index is 7.51. The zero-order valence-corrected chi connectivity index (χ0v) is 23.2. The standard InChI is InChI=1S/C22H27N.C10H12.C3H4O/c1-3-5-6-7-8-9-12-18-15-16-20-19-13-10-11-14-21(19)23(4-2)22(20)17-18;1-8(2)10-6-4-9(3)5-7-10;1-2-3-4/h3,10-11,13-17H,1,4-9,12H2,2H3;4-7H,1H2,2-3H3;4H,1H3. The van der Waals surface area contributed by atoms with Gasteiger partial charge in [-0.15, -0.1) is 6.58 Å². The topological polar surface area (TPSA) is 25.2 Å². The van der Waals surface area contributed by atoms with Crippen LogP contribution in [0.3, 0.4) is 0 Å². The van der Waals surface area contributed by atoms with Gasteiger partial charge in [0, 0.05) is 35.3 Å². The van der Waals surface area contributed by atoms with Crippen molar-refractivity contribution in [3.63, 3.8) is 0 Å². The molecule has 1 heterocycles. The molecule has 194 valence electrons. The molecule has 0 bridgehead atoms. The van der Waals surface area contributed by atoms with Gasteiger partial charge in [0.2, 0.25) is 0 Å². The summed E-state index contributed by atoms with van der Waals surface area (Å²) in [4.78, 5) is 0. The molecule has 0 amide bonds. The van der Waals surface area contributed by atoms with Gasteiger partial charge >= 0.3 is 0 Å². The third kappa shape index (κ3) is 9.03. The summed E-state index contributed by atoms with van der Waals surface area (Å²) in [6, 6.07) is 24.2. The molecule has 0 atom stereocenters. The zero-order chi connectivity index (χ0) is 27.0. The Kier molecular flexibility index (Phi) is 12.9. The van der Waals surface area contributed by atoms with E-state index in [4.69, 9.17) is 5.11 Å². The molecule has 2 heteroatoms. The van der Waals surface area contributed by atoms with Crippen LogP contribution >= 0.6 is 0 Å². The fraction of sp³-hybridized carbons (Fsp3) is 0.314. The maximum absolute atomic E-state index is 7.51. The predicted molar refractivity (Wildman–Crippen MR) is 163 cm³/mol. The van der Waals surface area contributed by atoms with E-state index in [2.05, 4.69) is 104 Å². The van der Waals surface area contributed by atoms with Crippen molar-refractivity contribution in [2.45, 2.75) is 72.8 Å². The molecule has 0 aliphatic carbocycles. The summed E-state index contributed by atoms with van der Waals surface area (Å²) in [6.07, 6.45) is 11.3. The van der Waals surface area contributed by atoms with E-state index in [-0.39, 0.29) is 0 Å². The van der Waals surface area contributed by atoms with Crippen LogP contribution in [0.15, 0.2) is 86.0 Å². The Labute approximate surface area is 224 Å². The molecule has 0 aliphatic heterocycles. The van der Waals surface area contributed by atoms with Gasteiger partial charge in [-0.1, -0.05) is 97.2 Å². The van der Waals surface area contributed by atoms with Crippen molar-refractivity contribution in [2.75, 3.05) is 0 Å². The number of nitrogens with zero attached hydrogens (tertiary/aromatic N) is 1. The van der Waals surface area contributed by atoms with Gasteiger partial charge in [0.05, 0.1) is 0 Å². The first-order valence-corrected chi connectivity index (χ1v) is 13.4. The minimum Gasteiger partial charge on any atom is -0.462 e. The lowest BCUT2D eigenvalue weighted by Gasteiger charge is -2.06. The highest BCUT2D eigenvalue weighted by Gasteiger charge is 2.09. The number of unbranched alkanes of at least 4 members (excludes halogenated alkanes) is 4. The van der Waals surface area contributed by atoms with Gasteiger partial charge in [0.15, 0.2) is 0 Å². The third-order valence-corrected chi connectivity index (χ3v) is 6.43. The average molecular weight is 494 g/mol. The number of para-hydroxylation sites is 1. The molecule has 0 unspecified atom stereocenters. The van der Waals surface area contributed by atoms with E-state index >= 15 is 0 Å². The Morgan fingerprint density at radius 3 is 2.19 bits per heavy atom. The number of aromatic nitrogens is 1. The van der Waals surface area contributed by atoms with Crippen molar-refractivity contribution < 1.29 is 5.11 Å². The van der Waals surface area contributed by atoms with Crippen molar-refractivity contribution >= 4 is 27.4 Å². The van der Waals surface area contributed by atoms with E-state index in [0.717, 1.165) is 18.5 Å². The van der Waals surface area contributed by atoms with Crippen molar-refractivity contribution in [1.29, 1.82) is 0 Å². The predicted octanol–water partition coefficient (Wildman–Crippen LogP) is 9.86. The van der Waals surface area contributed by atoms with E-state index in [1.165, 1.54) is 70.6 Å². The van der Waals surface area contributed by atoms with Gasteiger partial charge < -0.3 is 9.67 Å². The summed E-state index contributed by atoms with van der Waals surface area (Å²) < 4.78 is 2.44. The first kappa shape index (κ1) is 29.5. The molecular formula is C35H43NO. The Balaban J connectivity index is 0.000000285. The lowest BCUT2D eigenvalue weighted by atomic mass is 10.0. The minimum absolute atomic E-state index is 1.02. The number of aliphatic hydroxyl groups is 1. The van der Waals surface area contributed by atoms with E-state index in [1.54, 1.807) is 13.0 Å². The van der Waals surface area contributed by atoms with Crippen LogP contribution in [0.2, 0.25) is 0 Å². The molecule has 37 heavy (non-hydrogen) atoms. The summed E-state index contributed by atoms with van der Waals surface area (Å²) in [5.41, 5.74) is 7.86. The second-order valence-electron chi connectivity index (χ2n) is 9.36. The molecular weight excluding hydrogens is 450 g/mol. The number of aryl methyl sites for hydroxylation is 3. The van der Waals surface area contributed by atoms with Gasteiger partial charge in [-0.05, 0) is 69.7 Å². The zero-order valence-electron chi connectivity index (χ0n) is 23.2. The SMILES string of the molecule is C=C(C)c1ccc(C)cc1.C=CCCCCCCc1ccc2c3ccccc3n(CC)c2c1.CC#CO. The molecule has 4 rings (SSSR count). The van der Waals surface area contributed by atoms with E-state index in [9.17, 15) is 0 Å².